The highest BCUT2D eigenvalue weighted by molar-refractivity contribution is 6.23. The molecule has 8 aromatic carbocycles. The molecule has 0 atom stereocenters. The van der Waals surface area contributed by atoms with E-state index >= 15 is 0 Å². The fourth-order valence-electron chi connectivity index (χ4n) is 8.35. The molecule has 1 aliphatic rings. The Morgan fingerprint density at radius 2 is 1.02 bits per heavy atom. The molecule has 10 rings (SSSR count). The summed E-state index contributed by atoms with van der Waals surface area (Å²) in [5.74, 6) is 0. The molecule has 0 radical (unpaired) electrons. The van der Waals surface area contributed by atoms with E-state index in [9.17, 15) is 0 Å². The summed E-state index contributed by atoms with van der Waals surface area (Å²) < 4.78 is 6.80. The second-order valence-corrected chi connectivity index (χ2v) is 13.2. The van der Waals surface area contributed by atoms with Gasteiger partial charge in [-0.1, -0.05) is 147 Å². The van der Waals surface area contributed by atoms with Crippen molar-refractivity contribution < 1.29 is 4.42 Å². The van der Waals surface area contributed by atoms with E-state index in [0.29, 0.717) is 0 Å². The van der Waals surface area contributed by atoms with Crippen molar-refractivity contribution in [2.75, 3.05) is 0 Å². The molecule has 1 nitrogen and oxygen atoms in total. The van der Waals surface area contributed by atoms with Gasteiger partial charge in [-0.15, -0.1) is 0 Å². The maximum atomic E-state index is 6.80. The average Bonchev–Trinajstić information content (AvgIpc) is 3.59. The van der Waals surface area contributed by atoms with Crippen LogP contribution in [0.3, 0.4) is 0 Å². The number of hydrogen-bond donors (Lipinski definition) is 0. The number of hydrogen-bond acceptors (Lipinski definition) is 1. The van der Waals surface area contributed by atoms with Crippen LogP contribution in [0.2, 0.25) is 0 Å². The minimum atomic E-state index is -0.139. The maximum Gasteiger partial charge on any atom is 0.143 e. The zero-order valence-corrected chi connectivity index (χ0v) is 25.8. The number of fused-ring (bicyclic) bond motifs is 11. The molecular formula is C45H30O. The molecule has 0 saturated heterocycles. The average molecular weight is 587 g/mol. The molecule has 0 N–H and O–H groups in total. The van der Waals surface area contributed by atoms with Gasteiger partial charge in [0.15, 0.2) is 0 Å². The molecule has 1 aliphatic carbocycles. The summed E-state index contributed by atoms with van der Waals surface area (Å²) >= 11 is 0. The predicted octanol–water partition coefficient (Wildman–Crippen LogP) is 12.7. The van der Waals surface area contributed by atoms with E-state index in [2.05, 4.69) is 159 Å². The molecule has 0 bridgehead atoms. The van der Waals surface area contributed by atoms with Crippen LogP contribution in [0.25, 0.3) is 87.6 Å². The van der Waals surface area contributed by atoms with Crippen molar-refractivity contribution in [2.45, 2.75) is 19.3 Å². The lowest BCUT2D eigenvalue weighted by Crippen LogP contribution is -2.14. The summed E-state index contributed by atoms with van der Waals surface area (Å²) in [6, 6.07) is 53.3. The third-order valence-corrected chi connectivity index (χ3v) is 10.4. The first-order valence-electron chi connectivity index (χ1n) is 16.1. The third-order valence-electron chi connectivity index (χ3n) is 10.4. The quantitative estimate of drug-likeness (QED) is 0.184. The fraction of sp³-hybridized carbons (Fsp3) is 0.0667. The third kappa shape index (κ3) is 3.35. The first kappa shape index (κ1) is 25.6. The van der Waals surface area contributed by atoms with Gasteiger partial charge in [0.1, 0.15) is 11.2 Å². The lowest BCUT2D eigenvalue weighted by Gasteiger charge is -2.22. The SMILES string of the molecule is CC1(C)c2ccc(-c3c4ccccc4c(-c4ccccc4)c4ccccc34)cc2-c2c1ccc1c2oc2ccc3ccccc3c21. The molecule has 0 saturated carbocycles. The molecule has 0 spiro atoms. The van der Waals surface area contributed by atoms with Gasteiger partial charge in [0.05, 0.1) is 0 Å². The Bertz CT molecular complexity index is 2650. The number of furan rings is 1. The van der Waals surface area contributed by atoms with E-state index in [4.69, 9.17) is 4.42 Å². The van der Waals surface area contributed by atoms with Crippen molar-refractivity contribution >= 4 is 54.3 Å². The molecule has 0 unspecified atom stereocenters. The number of benzene rings is 8. The highest BCUT2D eigenvalue weighted by atomic mass is 16.3. The van der Waals surface area contributed by atoms with Crippen LogP contribution >= 0.6 is 0 Å². The highest BCUT2D eigenvalue weighted by Crippen LogP contribution is 2.54. The van der Waals surface area contributed by atoms with Crippen LogP contribution in [0, 0.1) is 0 Å². The van der Waals surface area contributed by atoms with Gasteiger partial charge in [-0.2, -0.15) is 0 Å². The Labute approximate surface area is 267 Å². The van der Waals surface area contributed by atoms with Crippen LogP contribution in [0.1, 0.15) is 25.0 Å². The van der Waals surface area contributed by atoms with E-state index in [1.807, 2.05) is 0 Å². The van der Waals surface area contributed by atoms with Crippen LogP contribution in [0.15, 0.2) is 150 Å². The maximum absolute atomic E-state index is 6.80. The first-order chi connectivity index (χ1) is 22.6. The van der Waals surface area contributed by atoms with E-state index < -0.39 is 0 Å². The van der Waals surface area contributed by atoms with Crippen LogP contribution in [0.5, 0.6) is 0 Å². The van der Waals surface area contributed by atoms with Gasteiger partial charge in [-0.25, -0.2) is 0 Å². The Hall–Kier alpha value is -5.66. The van der Waals surface area contributed by atoms with Crippen molar-refractivity contribution in [2.24, 2.45) is 0 Å². The van der Waals surface area contributed by atoms with E-state index in [1.165, 1.54) is 87.6 Å². The van der Waals surface area contributed by atoms with Crippen molar-refractivity contribution in [1.29, 1.82) is 0 Å². The zero-order chi connectivity index (χ0) is 30.6. The van der Waals surface area contributed by atoms with Gasteiger partial charge in [0.25, 0.3) is 0 Å². The Morgan fingerprint density at radius 1 is 0.435 bits per heavy atom. The molecule has 9 aromatic rings. The summed E-state index contributed by atoms with van der Waals surface area (Å²) in [4.78, 5) is 0. The van der Waals surface area contributed by atoms with Crippen LogP contribution in [-0.4, -0.2) is 0 Å². The van der Waals surface area contributed by atoms with Crippen molar-refractivity contribution in [3.05, 3.63) is 157 Å². The monoisotopic (exact) mass is 586 g/mol. The second kappa shape index (κ2) is 9.19. The molecule has 216 valence electrons. The Morgan fingerprint density at radius 3 is 1.72 bits per heavy atom. The normalized spacial score (nSPS) is 13.6. The molecule has 1 aromatic heterocycles. The van der Waals surface area contributed by atoms with Crippen molar-refractivity contribution in [1.82, 2.24) is 0 Å². The van der Waals surface area contributed by atoms with Crippen molar-refractivity contribution in [3.8, 4) is 33.4 Å². The van der Waals surface area contributed by atoms with Gasteiger partial charge < -0.3 is 4.42 Å². The lowest BCUT2D eigenvalue weighted by molar-refractivity contribution is 0.653. The lowest BCUT2D eigenvalue weighted by atomic mass is 9.81. The summed E-state index contributed by atoms with van der Waals surface area (Å²) in [5.41, 5.74) is 12.0. The molecule has 0 amide bonds. The molecular weight excluding hydrogens is 556 g/mol. The van der Waals surface area contributed by atoms with Gasteiger partial charge in [0, 0.05) is 21.8 Å². The Kier molecular flexibility index (Phi) is 5.12. The van der Waals surface area contributed by atoms with Crippen LogP contribution < -0.4 is 0 Å². The minimum Gasteiger partial charge on any atom is -0.455 e. The van der Waals surface area contributed by atoms with Crippen molar-refractivity contribution in [3.63, 3.8) is 0 Å². The molecule has 46 heavy (non-hydrogen) atoms. The van der Waals surface area contributed by atoms with E-state index in [-0.39, 0.29) is 5.41 Å². The van der Waals surface area contributed by atoms with Gasteiger partial charge in [-0.05, 0) is 83.4 Å². The largest absolute Gasteiger partial charge is 0.455 e. The molecule has 0 fully saturated rings. The first-order valence-corrected chi connectivity index (χ1v) is 16.1. The topological polar surface area (TPSA) is 13.1 Å². The smallest absolute Gasteiger partial charge is 0.143 e. The zero-order valence-electron chi connectivity index (χ0n) is 25.8. The van der Waals surface area contributed by atoms with E-state index in [1.54, 1.807) is 0 Å². The minimum absolute atomic E-state index is 0.139. The molecule has 1 heterocycles. The van der Waals surface area contributed by atoms with E-state index in [0.717, 1.165) is 11.2 Å². The Balaban J connectivity index is 1.29. The predicted molar refractivity (Wildman–Crippen MR) is 195 cm³/mol. The van der Waals surface area contributed by atoms with Crippen LogP contribution in [0.4, 0.5) is 0 Å². The van der Waals surface area contributed by atoms with Gasteiger partial charge in [-0.3, -0.25) is 0 Å². The van der Waals surface area contributed by atoms with Gasteiger partial charge >= 0.3 is 0 Å². The summed E-state index contributed by atoms with van der Waals surface area (Å²) in [7, 11) is 0. The molecule has 1 heteroatoms. The second-order valence-electron chi connectivity index (χ2n) is 13.2. The highest BCUT2D eigenvalue weighted by Gasteiger charge is 2.38. The molecule has 0 aliphatic heterocycles. The van der Waals surface area contributed by atoms with Crippen LogP contribution in [-0.2, 0) is 5.41 Å². The summed E-state index contributed by atoms with van der Waals surface area (Å²) in [5, 5.41) is 9.94. The fourth-order valence-corrected chi connectivity index (χ4v) is 8.35. The van der Waals surface area contributed by atoms with Gasteiger partial charge in [0.2, 0.25) is 0 Å². The standard InChI is InChI=1S/C45H30O/c1-45(2)37-23-20-29(41-33-18-10-8-16-31(33)40(28-13-4-3-5-14-28)32-17-9-11-19-34(32)41)26-36(37)43-38(45)24-22-35-42-30-15-7-6-12-27(30)21-25-39(42)46-44(35)43/h3-26H,1-2H3. The summed E-state index contributed by atoms with van der Waals surface area (Å²) in [6.45, 7) is 4.70. The number of rotatable bonds is 2. The summed E-state index contributed by atoms with van der Waals surface area (Å²) in [6.07, 6.45) is 0.